The summed E-state index contributed by atoms with van der Waals surface area (Å²) >= 11 is 5.79. The molecular formula is C11H11ClF3NO2. The van der Waals surface area contributed by atoms with Crippen LogP contribution in [0.5, 0.6) is 0 Å². The first-order valence-corrected chi connectivity index (χ1v) is 5.43. The molecule has 0 fully saturated rings. The van der Waals surface area contributed by atoms with Crippen molar-refractivity contribution < 1.29 is 23.1 Å². The third kappa shape index (κ3) is 4.54. The molecule has 0 bridgehead atoms. The maximum absolute atomic E-state index is 12.0. The number of carbonyl (C=O) groups is 1. The van der Waals surface area contributed by atoms with Crippen LogP contribution in [-0.2, 0) is 11.2 Å². The highest BCUT2D eigenvalue weighted by Gasteiger charge is 2.38. The Labute approximate surface area is 107 Å². The van der Waals surface area contributed by atoms with Crippen molar-refractivity contribution in [3.8, 4) is 0 Å². The monoisotopic (exact) mass is 281 g/mol. The first kappa shape index (κ1) is 14.8. The molecule has 1 aromatic carbocycles. The van der Waals surface area contributed by atoms with Crippen LogP contribution < -0.4 is 5.32 Å². The third-order valence-electron chi connectivity index (χ3n) is 2.18. The number of nitrogens with one attached hydrogen (secondary N) is 1. The van der Waals surface area contributed by atoms with E-state index < -0.39 is 24.7 Å². The Morgan fingerprint density at radius 1 is 1.39 bits per heavy atom. The molecule has 1 unspecified atom stereocenters. The van der Waals surface area contributed by atoms with Crippen molar-refractivity contribution in [2.75, 3.05) is 6.54 Å². The molecule has 2 N–H and O–H groups in total. The number of rotatable bonds is 4. The average molecular weight is 282 g/mol. The number of aliphatic hydroxyl groups excluding tert-OH is 1. The van der Waals surface area contributed by atoms with Gasteiger partial charge in [-0.2, -0.15) is 13.2 Å². The number of benzene rings is 1. The van der Waals surface area contributed by atoms with E-state index in [1.807, 2.05) is 5.32 Å². The molecule has 0 aromatic heterocycles. The van der Waals surface area contributed by atoms with E-state index in [2.05, 4.69) is 0 Å². The predicted octanol–water partition coefficient (Wildman–Crippen LogP) is 1.92. The van der Waals surface area contributed by atoms with Crippen molar-refractivity contribution in [1.82, 2.24) is 5.32 Å². The molecular weight excluding hydrogens is 271 g/mol. The van der Waals surface area contributed by atoms with Crippen molar-refractivity contribution in [3.63, 3.8) is 0 Å². The Hall–Kier alpha value is -1.27. The second-order valence-electron chi connectivity index (χ2n) is 3.63. The fraction of sp³-hybridized carbons (Fsp3) is 0.364. The highest BCUT2D eigenvalue weighted by Crippen LogP contribution is 2.19. The van der Waals surface area contributed by atoms with Crippen LogP contribution >= 0.6 is 11.6 Å². The topological polar surface area (TPSA) is 49.3 Å². The summed E-state index contributed by atoms with van der Waals surface area (Å²) in [5, 5.41) is 11.1. The number of halogens is 4. The molecule has 0 saturated heterocycles. The summed E-state index contributed by atoms with van der Waals surface area (Å²) in [4.78, 5) is 11.3. The van der Waals surface area contributed by atoms with Gasteiger partial charge in [0, 0.05) is 5.02 Å². The minimum atomic E-state index is -4.74. The van der Waals surface area contributed by atoms with Gasteiger partial charge in [0.2, 0.25) is 5.91 Å². The fourth-order valence-electron chi connectivity index (χ4n) is 1.20. The number of amides is 1. The molecule has 1 aromatic rings. The van der Waals surface area contributed by atoms with Gasteiger partial charge in [0.15, 0.2) is 6.10 Å². The minimum Gasteiger partial charge on any atom is -0.382 e. The van der Waals surface area contributed by atoms with Crippen LogP contribution in [0.15, 0.2) is 24.3 Å². The van der Waals surface area contributed by atoms with E-state index >= 15 is 0 Å². The van der Waals surface area contributed by atoms with Crippen LogP contribution in [0.4, 0.5) is 13.2 Å². The maximum Gasteiger partial charge on any atom is 0.416 e. The number of carbonyl (C=O) groups excluding carboxylic acids is 1. The van der Waals surface area contributed by atoms with Gasteiger partial charge in [0.05, 0.1) is 13.0 Å². The van der Waals surface area contributed by atoms with Crippen LogP contribution in [0.25, 0.3) is 0 Å². The Morgan fingerprint density at radius 3 is 2.56 bits per heavy atom. The van der Waals surface area contributed by atoms with Gasteiger partial charge in [-0.3, -0.25) is 4.79 Å². The summed E-state index contributed by atoms with van der Waals surface area (Å²) in [6, 6.07) is 6.52. The lowest BCUT2D eigenvalue weighted by Gasteiger charge is -2.15. The lowest BCUT2D eigenvalue weighted by molar-refractivity contribution is -0.201. The first-order valence-electron chi connectivity index (χ1n) is 5.05. The van der Waals surface area contributed by atoms with Crippen molar-refractivity contribution in [2.45, 2.75) is 18.7 Å². The molecule has 0 aliphatic rings. The number of hydrogen-bond acceptors (Lipinski definition) is 2. The quantitative estimate of drug-likeness (QED) is 0.886. The largest absolute Gasteiger partial charge is 0.416 e. The number of aliphatic hydroxyl groups is 1. The molecule has 7 heteroatoms. The summed E-state index contributed by atoms with van der Waals surface area (Å²) in [6.45, 7) is -0.868. The van der Waals surface area contributed by atoms with Crippen LogP contribution in [-0.4, -0.2) is 29.8 Å². The van der Waals surface area contributed by atoms with Crippen molar-refractivity contribution in [2.24, 2.45) is 0 Å². The lowest BCUT2D eigenvalue weighted by atomic mass is 10.1. The Kier molecular flexibility index (Phi) is 4.98. The van der Waals surface area contributed by atoms with Gasteiger partial charge in [-0.15, -0.1) is 0 Å². The van der Waals surface area contributed by atoms with Gasteiger partial charge in [0.25, 0.3) is 0 Å². The van der Waals surface area contributed by atoms with E-state index in [0.29, 0.717) is 10.6 Å². The van der Waals surface area contributed by atoms with E-state index in [1.54, 1.807) is 24.3 Å². The van der Waals surface area contributed by atoms with Crippen LogP contribution in [0.3, 0.4) is 0 Å². The zero-order chi connectivity index (χ0) is 13.8. The molecule has 0 spiro atoms. The minimum absolute atomic E-state index is 0.135. The van der Waals surface area contributed by atoms with Gasteiger partial charge in [-0.1, -0.05) is 29.8 Å². The average Bonchev–Trinajstić information content (AvgIpc) is 2.27. The molecule has 1 rings (SSSR count). The highest BCUT2D eigenvalue weighted by atomic mass is 35.5. The Bertz CT molecular complexity index is 423. The van der Waals surface area contributed by atoms with Crippen LogP contribution in [0.2, 0.25) is 5.02 Å². The van der Waals surface area contributed by atoms with Crippen LogP contribution in [0, 0.1) is 0 Å². The smallest absolute Gasteiger partial charge is 0.382 e. The molecule has 0 heterocycles. The summed E-state index contributed by atoms with van der Waals surface area (Å²) in [5.74, 6) is -0.633. The van der Waals surface area contributed by atoms with Gasteiger partial charge in [-0.05, 0) is 11.6 Å². The van der Waals surface area contributed by atoms with Gasteiger partial charge >= 0.3 is 6.18 Å². The summed E-state index contributed by atoms with van der Waals surface area (Å²) < 4.78 is 35.9. The third-order valence-corrected chi connectivity index (χ3v) is 2.55. The van der Waals surface area contributed by atoms with E-state index in [4.69, 9.17) is 16.7 Å². The Morgan fingerprint density at radius 2 is 2.00 bits per heavy atom. The standard InChI is InChI=1S/C11H11ClF3NO2/c12-8-4-2-1-3-7(8)5-10(18)16-6-9(17)11(13,14)15/h1-4,9,17H,5-6H2,(H,16,18). The van der Waals surface area contributed by atoms with Gasteiger partial charge < -0.3 is 10.4 Å². The second-order valence-corrected chi connectivity index (χ2v) is 4.04. The molecule has 0 radical (unpaired) electrons. The molecule has 1 amide bonds. The van der Waals surface area contributed by atoms with Crippen LogP contribution in [0.1, 0.15) is 5.56 Å². The zero-order valence-electron chi connectivity index (χ0n) is 9.17. The number of alkyl halides is 3. The molecule has 0 aliphatic carbocycles. The highest BCUT2D eigenvalue weighted by molar-refractivity contribution is 6.31. The van der Waals surface area contributed by atoms with Gasteiger partial charge in [-0.25, -0.2) is 0 Å². The van der Waals surface area contributed by atoms with Crippen molar-refractivity contribution in [3.05, 3.63) is 34.9 Å². The van der Waals surface area contributed by atoms with Gasteiger partial charge in [0.1, 0.15) is 0 Å². The van der Waals surface area contributed by atoms with E-state index in [9.17, 15) is 18.0 Å². The van der Waals surface area contributed by atoms with E-state index in [-0.39, 0.29) is 6.42 Å². The van der Waals surface area contributed by atoms with E-state index in [0.717, 1.165) is 0 Å². The Balaban J connectivity index is 2.46. The lowest BCUT2D eigenvalue weighted by Crippen LogP contribution is -2.41. The van der Waals surface area contributed by atoms with Crippen molar-refractivity contribution >= 4 is 17.5 Å². The molecule has 0 saturated carbocycles. The molecule has 100 valence electrons. The summed E-state index contributed by atoms with van der Waals surface area (Å²) in [6.07, 6.45) is -7.44. The zero-order valence-corrected chi connectivity index (χ0v) is 9.92. The van der Waals surface area contributed by atoms with E-state index in [1.165, 1.54) is 0 Å². The summed E-state index contributed by atoms with van der Waals surface area (Å²) in [7, 11) is 0. The second kappa shape index (κ2) is 6.06. The molecule has 18 heavy (non-hydrogen) atoms. The summed E-state index contributed by atoms with van der Waals surface area (Å²) in [5.41, 5.74) is 0.512. The normalized spacial score (nSPS) is 13.2. The molecule has 1 atom stereocenters. The SMILES string of the molecule is O=C(Cc1ccccc1Cl)NCC(O)C(F)(F)F. The molecule has 3 nitrogen and oxygen atoms in total. The van der Waals surface area contributed by atoms with Crippen molar-refractivity contribution in [1.29, 1.82) is 0 Å². The fourth-order valence-corrected chi connectivity index (χ4v) is 1.41. The first-order chi connectivity index (χ1) is 8.30. The predicted molar refractivity (Wildman–Crippen MR) is 60.2 cm³/mol. The molecule has 0 aliphatic heterocycles. The maximum atomic E-state index is 12.0. The number of hydrogen-bond donors (Lipinski definition) is 2.